The van der Waals surface area contributed by atoms with Gasteiger partial charge in [0, 0.05) is 18.9 Å². The summed E-state index contributed by atoms with van der Waals surface area (Å²) in [6.07, 6.45) is 3.42. The zero-order valence-electron chi connectivity index (χ0n) is 9.76. The minimum atomic E-state index is 0.395. The Balaban J connectivity index is 1.91. The van der Waals surface area contributed by atoms with E-state index in [1.165, 1.54) is 5.56 Å². The van der Waals surface area contributed by atoms with Crippen molar-refractivity contribution in [1.29, 1.82) is 0 Å². The van der Waals surface area contributed by atoms with E-state index in [1.807, 2.05) is 31.3 Å². The zero-order chi connectivity index (χ0) is 11.9. The lowest BCUT2D eigenvalue weighted by Crippen LogP contribution is -2.05. The standard InChI is InChI=1S/C13H15N3O/c1-14-9-11-3-5-12(6-4-11)17-10-13-15-7-2-8-16-13/h2-8,14H,9-10H2,1H3. The van der Waals surface area contributed by atoms with Crippen LogP contribution >= 0.6 is 0 Å². The molecule has 0 unspecified atom stereocenters. The van der Waals surface area contributed by atoms with E-state index in [9.17, 15) is 0 Å². The van der Waals surface area contributed by atoms with Gasteiger partial charge in [-0.15, -0.1) is 0 Å². The molecule has 4 heteroatoms. The van der Waals surface area contributed by atoms with Crippen molar-refractivity contribution in [3.8, 4) is 5.75 Å². The molecule has 1 aromatic heterocycles. The third-order valence-corrected chi connectivity index (χ3v) is 2.29. The highest BCUT2D eigenvalue weighted by Crippen LogP contribution is 2.13. The van der Waals surface area contributed by atoms with Gasteiger partial charge < -0.3 is 10.1 Å². The van der Waals surface area contributed by atoms with Crippen molar-refractivity contribution < 1.29 is 4.74 Å². The Bertz CT molecular complexity index is 442. The summed E-state index contributed by atoms with van der Waals surface area (Å²) in [5.41, 5.74) is 1.23. The van der Waals surface area contributed by atoms with Crippen LogP contribution < -0.4 is 10.1 Å². The van der Waals surface area contributed by atoms with Gasteiger partial charge in [-0.1, -0.05) is 12.1 Å². The van der Waals surface area contributed by atoms with Crippen molar-refractivity contribution in [3.63, 3.8) is 0 Å². The van der Waals surface area contributed by atoms with Crippen molar-refractivity contribution in [1.82, 2.24) is 15.3 Å². The van der Waals surface area contributed by atoms with Crippen LogP contribution in [0.15, 0.2) is 42.7 Å². The fraction of sp³-hybridized carbons (Fsp3) is 0.231. The summed E-state index contributed by atoms with van der Waals surface area (Å²) in [6.45, 7) is 1.26. The van der Waals surface area contributed by atoms with Gasteiger partial charge in [0.05, 0.1) is 0 Å². The maximum Gasteiger partial charge on any atom is 0.166 e. The molecule has 0 radical (unpaired) electrons. The van der Waals surface area contributed by atoms with E-state index in [-0.39, 0.29) is 0 Å². The Morgan fingerprint density at radius 3 is 2.47 bits per heavy atom. The van der Waals surface area contributed by atoms with Crippen LogP contribution in [0.25, 0.3) is 0 Å². The molecule has 0 spiro atoms. The highest BCUT2D eigenvalue weighted by molar-refractivity contribution is 5.27. The molecule has 88 valence electrons. The molecule has 4 nitrogen and oxygen atoms in total. The molecule has 1 heterocycles. The topological polar surface area (TPSA) is 47.0 Å². The van der Waals surface area contributed by atoms with Crippen molar-refractivity contribution in [2.75, 3.05) is 7.05 Å². The first kappa shape index (κ1) is 11.5. The SMILES string of the molecule is CNCc1ccc(OCc2ncccn2)cc1. The smallest absolute Gasteiger partial charge is 0.166 e. The minimum absolute atomic E-state index is 0.395. The second-order valence-corrected chi connectivity index (χ2v) is 3.63. The average molecular weight is 229 g/mol. The fourth-order valence-corrected chi connectivity index (χ4v) is 1.46. The van der Waals surface area contributed by atoms with E-state index in [4.69, 9.17) is 4.74 Å². The number of hydrogen-bond acceptors (Lipinski definition) is 4. The van der Waals surface area contributed by atoms with Crippen LogP contribution in [-0.2, 0) is 13.2 Å². The van der Waals surface area contributed by atoms with Crippen LogP contribution in [0.2, 0.25) is 0 Å². The molecule has 1 aromatic carbocycles. The first-order valence-corrected chi connectivity index (χ1v) is 5.51. The molecule has 0 amide bonds. The molecule has 0 fully saturated rings. The Morgan fingerprint density at radius 1 is 1.12 bits per heavy atom. The molecule has 2 aromatic rings. The highest BCUT2D eigenvalue weighted by atomic mass is 16.5. The number of aromatic nitrogens is 2. The summed E-state index contributed by atoms with van der Waals surface area (Å²) in [6, 6.07) is 9.77. The summed E-state index contributed by atoms with van der Waals surface area (Å²) in [5, 5.41) is 3.10. The molecule has 1 N–H and O–H groups in total. The van der Waals surface area contributed by atoms with Crippen LogP contribution in [0.5, 0.6) is 5.75 Å². The second-order valence-electron chi connectivity index (χ2n) is 3.63. The van der Waals surface area contributed by atoms with Gasteiger partial charge in [0.2, 0.25) is 0 Å². The number of nitrogens with one attached hydrogen (secondary N) is 1. The molecule has 0 atom stereocenters. The van der Waals surface area contributed by atoms with E-state index >= 15 is 0 Å². The summed E-state index contributed by atoms with van der Waals surface area (Å²) in [4.78, 5) is 8.19. The third-order valence-electron chi connectivity index (χ3n) is 2.29. The molecule has 0 bridgehead atoms. The third kappa shape index (κ3) is 3.53. The first-order valence-electron chi connectivity index (χ1n) is 5.51. The minimum Gasteiger partial charge on any atom is -0.486 e. The Labute approximate surface area is 101 Å². The van der Waals surface area contributed by atoms with Gasteiger partial charge in [0.15, 0.2) is 5.82 Å². The van der Waals surface area contributed by atoms with Crippen LogP contribution in [0, 0.1) is 0 Å². The van der Waals surface area contributed by atoms with E-state index < -0.39 is 0 Å². The molecule has 2 rings (SSSR count). The molecule has 0 aliphatic heterocycles. The van der Waals surface area contributed by atoms with Gasteiger partial charge in [0.25, 0.3) is 0 Å². The lowest BCUT2D eigenvalue weighted by molar-refractivity contribution is 0.295. The van der Waals surface area contributed by atoms with Crippen LogP contribution in [0.3, 0.4) is 0 Å². The average Bonchev–Trinajstić information content (AvgIpc) is 2.40. The molecule has 0 aliphatic rings. The number of nitrogens with zero attached hydrogens (tertiary/aromatic N) is 2. The van der Waals surface area contributed by atoms with Gasteiger partial charge in [-0.25, -0.2) is 9.97 Å². The van der Waals surface area contributed by atoms with Crippen LogP contribution in [0.1, 0.15) is 11.4 Å². The predicted octanol–water partition coefficient (Wildman–Crippen LogP) is 1.77. The zero-order valence-corrected chi connectivity index (χ0v) is 9.76. The summed E-state index contributed by atoms with van der Waals surface area (Å²) >= 11 is 0. The lowest BCUT2D eigenvalue weighted by atomic mass is 10.2. The second kappa shape index (κ2) is 5.96. The largest absolute Gasteiger partial charge is 0.486 e. The van der Waals surface area contributed by atoms with Crippen molar-refractivity contribution in [2.24, 2.45) is 0 Å². The summed E-state index contributed by atoms with van der Waals surface area (Å²) in [7, 11) is 1.93. The molecule has 0 saturated carbocycles. The first-order chi connectivity index (χ1) is 8.38. The van der Waals surface area contributed by atoms with Crippen molar-refractivity contribution >= 4 is 0 Å². The van der Waals surface area contributed by atoms with Gasteiger partial charge in [-0.05, 0) is 30.8 Å². The van der Waals surface area contributed by atoms with Gasteiger partial charge >= 0.3 is 0 Å². The summed E-state index contributed by atoms with van der Waals surface area (Å²) < 4.78 is 5.58. The molecular formula is C13H15N3O. The Hall–Kier alpha value is -1.94. The van der Waals surface area contributed by atoms with Crippen LogP contribution in [0.4, 0.5) is 0 Å². The van der Waals surface area contributed by atoms with Crippen LogP contribution in [-0.4, -0.2) is 17.0 Å². The fourth-order valence-electron chi connectivity index (χ4n) is 1.46. The number of rotatable bonds is 5. The molecular weight excluding hydrogens is 214 g/mol. The number of benzene rings is 1. The Kier molecular flexibility index (Phi) is 4.05. The van der Waals surface area contributed by atoms with E-state index in [0.717, 1.165) is 12.3 Å². The van der Waals surface area contributed by atoms with E-state index in [0.29, 0.717) is 12.4 Å². The van der Waals surface area contributed by atoms with Crippen molar-refractivity contribution in [3.05, 3.63) is 54.1 Å². The van der Waals surface area contributed by atoms with Crippen molar-refractivity contribution in [2.45, 2.75) is 13.2 Å². The van der Waals surface area contributed by atoms with Gasteiger partial charge in [-0.2, -0.15) is 0 Å². The normalized spacial score (nSPS) is 10.2. The molecule has 0 aliphatic carbocycles. The molecule has 17 heavy (non-hydrogen) atoms. The Morgan fingerprint density at radius 2 is 1.82 bits per heavy atom. The van der Waals surface area contributed by atoms with E-state index in [2.05, 4.69) is 15.3 Å². The maximum absolute atomic E-state index is 5.58. The monoisotopic (exact) mass is 229 g/mol. The maximum atomic E-state index is 5.58. The predicted molar refractivity (Wildman–Crippen MR) is 65.6 cm³/mol. The molecule has 0 saturated heterocycles. The number of ether oxygens (including phenoxy) is 1. The summed E-state index contributed by atoms with van der Waals surface area (Å²) in [5.74, 6) is 1.52. The van der Waals surface area contributed by atoms with Gasteiger partial charge in [-0.3, -0.25) is 0 Å². The van der Waals surface area contributed by atoms with E-state index in [1.54, 1.807) is 18.5 Å². The number of hydrogen-bond donors (Lipinski definition) is 1. The lowest BCUT2D eigenvalue weighted by Gasteiger charge is -2.06. The quantitative estimate of drug-likeness (QED) is 0.849. The highest BCUT2D eigenvalue weighted by Gasteiger charge is 1.97. The van der Waals surface area contributed by atoms with Gasteiger partial charge in [0.1, 0.15) is 12.4 Å².